The van der Waals surface area contributed by atoms with E-state index in [1.807, 2.05) is 0 Å². The number of piperidine rings is 1. The number of hydrogen-bond acceptors (Lipinski definition) is 6. The highest BCUT2D eigenvalue weighted by Crippen LogP contribution is 2.35. The molecule has 0 bridgehead atoms. The van der Waals surface area contributed by atoms with E-state index in [2.05, 4.69) is 28.9 Å². The molecule has 1 aliphatic heterocycles. The molecule has 0 radical (unpaired) electrons. The number of rotatable bonds is 2. The van der Waals surface area contributed by atoms with Gasteiger partial charge in [-0.25, -0.2) is 4.98 Å². The fourth-order valence-electron chi connectivity index (χ4n) is 2.74. The predicted molar refractivity (Wildman–Crippen MR) is 84.6 cm³/mol. The lowest BCUT2D eigenvalue weighted by molar-refractivity contribution is 0.249. The Balaban J connectivity index is 1.83. The molecule has 0 spiro atoms. The van der Waals surface area contributed by atoms with Crippen molar-refractivity contribution in [3.8, 4) is 5.75 Å². The summed E-state index contributed by atoms with van der Waals surface area (Å²) in [5.74, 6) is 0.205. The fraction of sp³-hybridized carbons (Fsp3) is 0.500. The number of anilines is 2. The van der Waals surface area contributed by atoms with E-state index in [0.29, 0.717) is 11.7 Å². The van der Waals surface area contributed by atoms with Crippen LogP contribution in [-0.2, 0) is 0 Å². The van der Waals surface area contributed by atoms with Gasteiger partial charge in [-0.3, -0.25) is 0 Å². The molecule has 1 aromatic carbocycles. The summed E-state index contributed by atoms with van der Waals surface area (Å²) in [6.45, 7) is 2.04. The van der Waals surface area contributed by atoms with E-state index in [4.69, 9.17) is 5.73 Å². The Morgan fingerprint density at radius 3 is 2.70 bits per heavy atom. The minimum absolute atomic E-state index is 0.205. The SMILES string of the molecule is CN(C)C1CCN(c2nc3c(N)cc(O)cc3s2)CC1. The average Bonchev–Trinajstić information content (AvgIpc) is 2.83. The van der Waals surface area contributed by atoms with Gasteiger partial charge in [0.15, 0.2) is 5.13 Å². The van der Waals surface area contributed by atoms with E-state index in [9.17, 15) is 5.11 Å². The first-order chi connectivity index (χ1) is 9.54. The minimum atomic E-state index is 0.205. The van der Waals surface area contributed by atoms with E-state index in [1.54, 1.807) is 23.5 Å². The quantitative estimate of drug-likeness (QED) is 0.830. The van der Waals surface area contributed by atoms with Crippen LogP contribution in [0.5, 0.6) is 5.75 Å². The highest BCUT2D eigenvalue weighted by molar-refractivity contribution is 7.22. The molecule has 1 fully saturated rings. The van der Waals surface area contributed by atoms with Crippen LogP contribution < -0.4 is 10.6 Å². The Hall–Kier alpha value is -1.53. The lowest BCUT2D eigenvalue weighted by Gasteiger charge is -2.34. The lowest BCUT2D eigenvalue weighted by atomic mass is 10.0. The number of nitrogen functional groups attached to an aromatic ring is 1. The molecule has 20 heavy (non-hydrogen) atoms. The Bertz CT molecular complexity index is 617. The second-order valence-electron chi connectivity index (χ2n) is 5.56. The van der Waals surface area contributed by atoms with Crippen molar-refractivity contribution < 1.29 is 5.11 Å². The van der Waals surface area contributed by atoms with E-state index in [-0.39, 0.29) is 5.75 Å². The number of hydrogen-bond donors (Lipinski definition) is 2. The monoisotopic (exact) mass is 292 g/mol. The van der Waals surface area contributed by atoms with Gasteiger partial charge in [-0.1, -0.05) is 11.3 Å². The smallest absolute Gasteiger partial charge is 0.186 e. The molecular formula is C14H20N4OS. The van der Waals surface area contributed by atoms with E-state index < -0.39 is 0 Å². The molecule has 0 aliphatic carbocycles. The molecule has 0 amide bonds. The molecule has 2 aromatic rings. The van der Waals surface area contributed by atoms with Crippen molar-refractivity contribution in [2.24, 2.45) is 0 Å². The summed E-state index contributed by atoms with van der Waals surface area (Å²) in [6.07, 6.45) is 2.31. The maximum absolute atomic E-state index is 9.61. The van der Waals surface area contributed by atoms with Crippen LogP contribution in [0.1, 0.15) is 12.8 Å². The third-order valence-electron chi connectivity index (χ3n) is 3.96. The highest BCUT2D eigenvalue weighted by atomic mass is 32.1. The molecule has 0 saturated carbocycles. The first kappa shape index (κ1) is 13.5. The molecule has 6 heteroatoms. The van der Waals surface area contributed by atoms with Gasteiger partial charge in [0.25, 0.3) is 0 Å². The summed E-state index contributed by atoms with van der Waals surface area (Å²) in [4.78, 5) is 9.26. The van der Waals surface area contributed by atoms with Gasteiger partial charge >= 0.3 is 0 Å². The van der Waals surface area contributed by atoms with Gasteiger partial charge in [0.1, 0.15) is 11.3 Å². The first-order valence-electron chi connectivity index (χ1n) is 6.85. The Kier molecular flexibility index (Phi) is 3.43. The summed E-state index contributed by atoms with van der Waals surface area (Å²) in [5.41, 5.74) is 7.27. The standard InChI is InChI=1S/C14H20N4OS/c1-17(2)9-3-5-18(6-4-9)14-16-13-11(15)7-10(19)8-12(13)20-14/h7-9,19H,3-6,15H2,1-2H3. The topological polar surface area (TPSA) is 65.6 Å². The van der Waals surface area contributed by atoms with Crippen LogP contribution in [0.15, 0.2) is 12.1 Å². The zero-order valence-electron chi connectivity index (χ0n) is 11.8. The molecule has 2 heterocycles. The maximum Gasteiger partial charge on any atom is 0.186 e. The van der Waals surface area contributed by atoms with Crippen molar-refractivity contribution in [3.05, 3.63) is 12.1 Å². The predicted octanol–water partition coefficient (Wildman–Crippen LogP) is 2.11. The summed E-state index contributed by atoms with van der Waals surface area (Å²) < 4.78 is 0.951. The zero-order chi connectivity index (χ0) is 14.3. The number of aromatic hydroxyl groups is 1. The zero-order valence-corrected chi connectivity index (χ0v) is 12.7. The van der Waals surface area contributed by atoms with Crippen molar-refractivity contribution in [2.75, 3.05) is 37.8 Å². The van der Waals surface area contributed by atoms with Crippen LogP contribution in [0.25, 0.3) is 10.2 Å². The molecule has 1 aromatic heterocycles. The summed E-state index contributed by atoms with van der Waals surface area (Å²) >= 11 is 1.60. The third-order valence-corrected chi connectivity index (χ3v) is 5.03. The van der Waals surface area contributed by atoms with Crippen LogP contribution in [0.4, 0.5) is 10.8 Å². The fourth-order valence-corrected chi connectivity index (χ4v) is 3.82. The van der Waals surface area contributed by atoms with Gasteiger partial charge in [-0.05, 0) is 33.0 Å². The summed E-state index contributed by atoms with van der Waals surface area (Å²) in [7, 11) is 4.28. The molecule has 1 saturated heterocycles. The number of phenols is 1. The van der Waals surface area contributed by atoms with E-state index in [0.717, 1.165) is 41.3 Å². The van der Waals surface area contributed by atoms with Crippen molar-refractivity contribution in [1.29, 1.82) is 0 Å². The molecule has 3 rings (SSSR count). The van der Waals surface area contributed by atoms with E-state index in [1.165, 1.54) is 0 Å². The largest absolute Gasteiger partial charge is 0.508 e. The number of nitrogens with zero attached hydrogens (tertiary/aromatic N) is 3. The maximum atomic E-state index is 9.61. The van der Waals surface area contributed by atoms with Gasteiger partial charge in [0, 0.05) is 25.2 Å². The van der Waals surface area contributed by atoms with Crippen LogP contribution in [0, 0.1) is 0 Å². The molecule has 3 N–H and O–H groups in total. The number of nitrogens with two attached hydrogens (primary N) is 1. The Morgan fingerprint density at radius 1 is 1.35 bits per heavy atom. The van der Waals surface area contributed by atoms with Crippen LogP contribution in [-0.4, -0.2) is 48.2 Å². The van der Waals surface area contributed by atoms with Gasteiger partial charge in [-0.2, -0.15) is 0 Å². The molecular weight excluding hydrogens is 272 g/mol. The van der Waals surface area contributed by atoms with Crippen LogP contribution in [0.2, 0.25) is 0 Å². The van der Waals surface area contributed by atoms with Gasteiger partial charge in [-0.15, -0.1) is 0 Å². The van der Waals surface area contributed by atoms with Crippen molar-refractivity contribution in [3.63, 3.8) is 0 Å². The van der Waals surface area contributed by atoms with Crippen LogP contribution >= 0.6 is 11.3 Å². The van der Waals surface area contributed by atoms with Gasteiger partial charge in [0.2, 0.25) is 0 Å². The second kappa shape index (κ2) is 5.10. The number of phenolic OH excluding ortho intramolecular Hbond substituents is 1. The summed E-state index contributed by atoms with van der Waals surface area (Å²) in [5, 5.41) is 10.6. The average molecular weight is 292 g/mol. The van der Waals surface area contributed by atoms with E-state index >= 15 is 0 Å². The van der Waals surface area contributed by atoms with Crippen LogP contribution in [0.3, 0.4) is 0 Å². The van der Waals surface area contributed by atoms with Gasteiger partial charge < -0.3 is 20.6 Å². The summed E-state index contributed by atoms with van der Waals surface area (Å²) in [6, 6.07) is 3.96. The first-order valence-corrected chi connectivity index (χ1v) is 7.66. The number of benzene rings is 1. The Morgan fingerprint density at radius 2 is 2.05 bits per heavy atom. The van der Waals surface area contributed by atoms with Crippen molar-refractivity contribution in [1.82, 2.24) is 9.88 Å². The lowest BCUT2D eigenvalue weighted by Crippen LogP contribution is -2.41. The number of fused-ring (bicyclic) bond motifs is 1. The molecule has 108 valence electrons. The third kappa shape index (κ3) is 2.41. The normalized spacial score (nSPS) is 17.2. The number of thiazole rings is 1. The molecule has 1 aliphatic rings. The second-order valence-corrected chi connectivity index (χ2v) is 6.57. The van der Waals surface area contributed by atoms with Gasteiger partial charge in [0.05, 0.1) is 10.4 Å². The minimum Gasteiger partial charge on any atom is -0.508 e. The highest BCUT2D eigenvalue weighted by Gasteiger charge is 2.23. The molecule has 5 nitrogen and oxygen atoms in total. The van der Waals surface area contributed by atoms with Crippen molar-refractivity contribution in [2.45, 2.75) is 18.9 Å². The molecule has 0 unspecified atom stereocenters. The Labute approximate surface area is 122 Å². The molecule has 0 atom stereocenters. The number of aromatic nitrogens is 1. The van der Waals surface area contributed by atoms with Crippen molar-refractivity contribution >= 4 is 32.4 Å².